The molecular weight excluding hydrogens is 430 g/mol. The van der Waals surface area contributed by atoms with E-state index in [-0.39, 0.29) is 28.9 Å². The molecule has 9 heteroatoms. The summed E-state index contributed by atoms with van der Waals surface area (Å²) in [7, 11) is -0.592. The van der Waals surface area contributed by atoms with E-state index in [1.165, 1.54) is 26.2 Å². The minimum Gasteiger partial charge on any atom is -0.444 e. The van der Waals surface area contributed by atoms with Crippen molar-refractivity contribution in [3.8, 4) is 0 Å². The van der Waals surface area contributed by atoms with Crippen LogP contribution in [0.25, 0.3) is 0 Å². The third kappa shape index (κ3) is 6.68. The Morgan fingerprint density at radius 1 is 1.16 bits per heavy atom. The summed E-state index contributed by atoms with van der Waals surface area (Å²) < 4.78 is 31.2. The lowest BCUT2D eigenvalue weighted by Crippen LogP contribution is -2.48. The second kappa shape index (κ2) is 10.2. The Morgan fingerprint density at radius 3 is 2.25 bits per heavy atom. The number of piperidine rings is 1. The van der Waals surface area contributed by atoms with E-state index >= 15 is 0 Å². The number of carbonyl (C=O) groups is 2. The van der Waals surface area contributed by atoms with Crippen LogP contribution in [0, 0.1) is 5.92 Å². The van der Waals surface area contributed by atoms with Crippen molar-refractivity contribution in [2.75, 3.05) is 33.7 Å². The first kappa shape index (κ1) is 26.1. The first-order valence-electron chi connectivity index (χ1n) is 11.0. The summed E-state index contributed by atoms with van der Waals surface area (Å²) in [6, 6.07) is 6.04. The number of sulfonamides is 1. The van der Waals surface area contributed by atoms with Gasteiger partial charge in [-0.3, -0.25) is 4.79 Å². The Hall–Kier alpha value is -2.13. The highest BCUT2D eigenvalue weighted by atomic mass is 32.2. The number of hydrogen-bond acceptors (Lipinski definition) is 5. The van der Waals surface area contributed by atoms with Crippen molar-refractivity contribution in [2.24, 2.45) is 5.92 Å². The Bertz CT molecular complexity index is 905. The topological polar surface area (TPSA) is 87.2 Å². The van der Waals surface area contributed by atoms with Crippen molar-refractivity contribution in [3.63, 3.8) is 0 Å². The van der Waals surface area contributed by atoms with Crippen LogP contribution in [0.4, 0.5) is 4.79 Å². The zero-order valence-corrected chi connectivity index (χ0v) is 21.1. The van der Waals surface area contributed by atoms with E-state index in [1.807, 2.05) is 34.6 Å². The van der Waals surface area contributed by atoms with Gasteiger partial charge in [-0.05, 0) is 77.6 Å². The molecule has 0 spiro atoms. The van der Waals surface area contributed by atoms with Crippen LogP contribution in [0.5, 0.6) is 0 Å². The molecule has 0 aliphatic carbocycles. The highest BCUT2D eigenvalue weighted by Crippen LogP contribution is 2.23. The van der Waals surface area contributed by atoms with Gasteiger partial charge in [-0.1, -0.05) is 0 Å². The molecule has 1 unspecified atom stereocenters. The van der Waals surface area contributed by atoms with Crippen molar-refractivity contribution < 1.29 is 22.7 Å². The monoisotopic (exact) mass is 467 g/mol. The zero-order chi connectivity index (χ0) is 24.3. The molecule has 1 saturated heterocycles. The van der Waals surface area contributed by atoms with Gasteiger partial charge in [0.2, 0.25) is 10.0 Å². The lowest BCUT2D eigenvalue weighted by atomic mass is 9.96. The standard InChI is InChI=1S/C23H37N3O5S/c1-17(2)26(22(28)31-23(3,4)5)16-18-9-8-14-25(15-18)21(27)19-10-12-20(13-11-19)32(29,30)24(6)7/h10-13,17-18H,8-9,14-16H2,1-7H3. The molecule has 2 amide bonds. The lowest BCUT2D eigenvalue weighted by molar-refractivity contribution is 0.0124. The van der Waals surface area contributed by atoms with Crippen molar-refractivity contribution in [2.45, 2.75) is 64.0 Å². The molecule has 1 heterocycles. The van der Waals surface area contributed by atoms with Crippen molar-refractivity contribution in [3.05, 3.63) is 29.8 Å². The molecule has 0 saturated carbocycles. The molecule has 32 heavy (non-hydrogen) atoms. The largest absolute Gasteiger partial charge is 0.444 e. The maximum atomic E-state index is 13.0. The number of carbonyl (C=O) groups excluding carboxylic acids is 2. The van der Waals surface area contributed by atoms with Crippen LogP contribution in [-0.4, -0.2) is 79.9 Å². The minimum absolute atomic E-state index is 0.0119. The van der Waals surface area contributed by atoms with Crippen LogP contribution < -0.4 is 0 Å². The number of benzene rings is 1. The van der Waals surface area contributed by atoms with E-state index < -0.39 is 15.6 Å². The average molecular weight is 468 g/mol. The maximum absolute atomic E-state index is 13.0. The quantitative estimate of drug-likeness (QED) is 0.640. The number of hydrogen-bond donors (Lipinski definition) is 0. The maximum Gasteiger partial charge on any atom is 0.410 e. The van der Waals surface area contributed by atoms with Crippen molar-refractivity contribution in [1.82, 2.24) is 14.1 Å². The molecule has 1 aliphatic heterocycles. The van der Waals surface area contributed by atoms with E-state index in [9.17, 15) is 18.0 Å². The van der Waals surface area contributed by atoms with Gasteiger partial charge in [-0.2, -0.15) is 0 Å². The number of ether oxygens (including phenoxy) is 1. The van der Waals surface area contributed by atoms with Gasteiger partial charge in [0.1, 0.15) is 5.60 Å². The molecule has 0 N–H and O–H groups in total. The molecule has 1 atom stereocenters. The molecule has 0 bridgehead atoms. The summed E-state index contributed by atoms with van der Waals surface area (Å²) in [6.45, 7) is 11.2. The summed E-state index contributed by atoms with van der Waals surface area (Å²) in [4.78, 5) is 29.4. The van der Waals surface area contributed by atoms with Gasteiger partial charge in [-0.15, -0.1) is 0 Å². The van der Waals surface area contributed by atoms with Crippen molar-refractivity contribution >= 4 is 22.0 Å². The summed E-state index contributed by atoms with van der Waals surface area (Å²) in [5, 5.41) is 0. The fourth-order valence-corrected chi connectivity index (χ4v) is 4.56. The van der Waals surface area contributed by atoms with Gasteiger partial charge >= 0.3 is 6.09 Å². The number of nitrogens with zero attached hydrogens (tertiary/aromatic N) is 3. The number of rotatable bonds is 6. The number of amides is 2. The smallest absolute Gasteiger partial charge is 0.410 e. The van der Waals surface area contributed by atoms with Crippen LogP contribution in [0.15, 0.2) is 29.2 Å². The molecule has 0 aromatic heterocycles. The van der Waals surface area contributed by atoms with Crippen LogP contribution in [0.2, 0.25) is 0 Å². The molecular formula is C23H37N3O5S. The highest BCUT2D eigenvalue weighted by molar-refractivity contribution is 7.89. The minimum atomic E-state index is -3.54. The normalized spacial score (nSPS) is 17.5. The highest BCUT2D eigenvalue weighted by Gasteiger charge is 2.30. The molecule has 1 aromatic rings. The third-order valence-electron chi connectivity index (χ3n) is 5.39. The Kier molecular flexibility index (Phi) is 8.33. The summed E-state index contributed by atoms with van der Waals surface area (Å²) >= 11 is 0. The lowest BCUT2D eigenvalue weighted by Gasteiger charge is -2.37. The second-order valence-corrected chi connectivity index (χ2v) is 11.9. The first-order valence-corrected chi connectivity index (χ1v) is 12.5. The van der Waals surface area contributed by atoms with Crippen LogP contribution in [-0.2, 0) is 14.8 Å². The fourth-order valence-electron chi connectivity index (χ4n) is 3.66. The summed E-state index contributed by atoms with van der Waals surface area (Å²) in [5.41, 5.74) is -0.110. The van der Waals surface area contributed by atoms with Gasteiger partial charge in [0.25, 0.3) is 5.91 Å². The van der Waals surface area contributed by atoms with Gasteiger partial charge < -0.3 is 14.5 Å². The zero-order valence-electron chi connectivity index (χ0n) is 20.3. The Labute approximate surface area is 192 Å². The molecule has 0 radical (unpaired) electrons. The number of likely N-dealkylation sites (tertiary alicyclic amines) is 1. The van der Waals surface area contributed by atoms with Crippen LogP contribution in [0.1, 0.15) is 57.8 Å². The molecule has 1 aliphatic rings. The fraction of sp³-hybridized carbons (Fsp3) is 0.652. The summed E-state index contributed by atoms with van der Waals surface area (Å²) in [5.74, 6) is 0.0212. The van der Waals surface area contributed by atoms with Gasteiger partial charge in [0.15, 0.2) is 0 Å². The van der Waals surface area contributed by atoms with Crippen LogP contribution >= 0.6 is 0 Å². The van der Waals surface area contributed by atoms with Crippen LogP contribution in [0.3, 0.4) is 0 Å². The Balaban J connectivity index is 2.08. The summed E-state index contributed by atoms with van der Waals surface area (Å²) in [6.07, 6.45) is 1.44. The van der Waals surface area contributed by atoms with Gasteiger partial charge in [0, 0.05) is 45.3 Å². The van der Waals surface area contributed by atoms with E-state index in [0.717, 1.165) is 17.1 Å². The SMILES string of the molecule is CC(C)N(CC1CCCN(C(=O)c2ccc(S(=O)(=O)N(C)C)cc2)C1)C(=O)OC(C)(C)C. The van der Waals surface area contributed by atoms with Gasteiger partial charge in [0.05, 0.1) is 4.90 Å². The molecule has 2 rings (SSSR count). The predicted molar refractivity (Wildman–Crippen MR) is 124 cm³/mol. The van der Waals surface area contributed by atoms with E-state index in [2.05, 4.69) is 0 Å². The predicted octanol–water partition coefficient (Wildman–Crippen LogP) is 3.43. The first-order chi connectivity index (χ1) is 14.7. The molecule has 1 fully saturated rings. The van der Waals surface area contributed by atoms with E-state index in [1.54, 1.807) is 21.9 Å². The molecule has 180 valence electrons. The molecule has 8 nitrogen and oxygen atoms in total. The van der Waals surface area contributed by atoms with Gasteiger partial charge in [-0.25, -0.2) is 17.5 Å². The second-order valence-electron chi connectivity index (χ2n) is 9.80. The molecule has 1 aromatic carbocycles. The van der Waals surface area contributed by atoms with E-state index in [0.29, 0.717) is 25.2 Å². The average Bonchev–Trinajstić information content (AvgIpc) is 2.70. The Morgan fingerprint density at radius 2 is 1.75 bits per heavy atom. The van der Waals surface area contributed by atoms with Crippen molar-refractivity contribution in [1.29, 1.82) is 0 Å². The van der Waals surface area contributed by atoms with E-state index in [4.69, 9.17) is 4.74 Å². The third-order valence-corrected chi connectivity index (χ3v) is 7.22.